The van der Waals surface area contributed by atoms with Crippen molar-refractivity contribution < 1.29 is 4.74 Å². The number of hydrogen-bond donors (Lipinski definition) is 2. The lowest BCUT2D eigenvalue weighted by molar-refractivity contribution is 0.322. The lowest BCUT2D eigenvalue weighted by Crippen LogP contribution is -2.31. The van der Waals surface area contributed by atoms with E-state index in [0.717, 1.165) is 11.4 Å². The molecule has 2 aromatic rings. The van der Waals surface area contributed by atoms with Gasteiger partial charge in [0.2, 0.25) is 0 Å². The second-order valence-corrected chi connectivity index (χ2v) is 7.28. The van der Waals surface area contributed by atoms with Gasteiger partial charge in [-0.15, -0.1) is 0 Å². The van der Waals surface area contributed by atoms with Gasteiger partial charge in [0.05, 0.1) is 6.54 Å². The van der Waals surface area contributed by atoms with E-state index < -0.39 is 0 Å². The number of anilines is 1. The van der Waals surface area contributed by atoms with E-state index >= 15 is 0 Å². The van der Waals surface area contributed by atoms with Gasteiger partial charge in [-0.05, 0) is 54.4 Å². The summed E-state index contributed by atoms with van der Waals surface area (Å²) in [6.07, 6.45) is 0. The summed E-state index contributed by atoms with van der Waals surface area (Å²) in [4.78, 5) is 0. The van der Waals surface area contributed by atoms with Gasteiger partial charge >= 0.3 is 0 Å². The van der Waals surface area contributed by atoms with E-state index in [1.807, 2.05) is 24.3 Å². The van der Waals surface area contributed by atoms with Crippen LogP contribution in [0.4, 0.5) is 5.69 Å². The Morgan fingerprint density at radius 3 is 2.21 bits per heavy atom. The molecule has 2 aromatic carbocycles. The second-order valence-electron chi connectivity index (χ2n) is 6.87. The highest BCUT2D eigenvalue weighted by atomic mass is 32.1. The highest BCUT2D eigenvalue weighted by molar-refractivity contribution is 7.80. The quantitative estimate of drug-likeness (QED) is 0.612. The van der Waals surface area contributed by atoms with Crippen LogP contribution in [-0.4, -0.2) is 18.3 Å². The molecule has 0 atom stereocenters. The fourth-order valence-electron chi connectivity index (χ4n) is 2.20. The zero-order valence-electron chi connectivity index (χ0n) is 14.8. The molecule has 2 rings (SSSR count). The van der Waals surface area contributed by atoms with Gasteiger partial charge in [0, 0.05) is 5.69 Å². The van der Waals surface area contributed by atoms with Crippen molar-refractivity contribution >= 4 is 23.0 Å². The van der Waals surface area contributed by atoms with Crippen LogP contribution in [-0.2, 0) is 5.41 Å². The van der Waals surface area contributed by atoms with E-state index in [1.165, 1.54) is 11.1 Å². The molecule has 2 N–H and O–H groups in total. The van der Waals surface area contributed by atoms with E-state index in [1.54, 1.807) is 0 Å². The van der Waals surface area contributed by atoms with Crippen molar-refractivity contribution in [3.63, 3.8) is 0 Å². The Bertz CT molecular complexity index is 658. The Labute approximate surface area is 150 Å². The highest BCUT2D eigenvalue weighted by Gasteiger charge is 2.12. The van der Waals surface area contributed by atoms with E-state index in [0.29, 0.717) is 18.3 Å². The lowest BCUT2D eigenvalue weighted by atomic mass is 9.87. The summed E-state index contributed by atoms with van der Waals surface area (Å²) in [7, 11) is 0. The molecule has 0 amide bonds. The molecule has 0 aliphatic rings. The van der Waals surface area contributed by atoms with Crippen LogP contribution in [0.5, 0.6) is 5.75 Å². The lowest BCUT2D eigenvalue weighted by Gasteiger charge is -2.19. The molecule has 0 aromatic heterocycles. The first-order valence-electron chi connectivity index (χ1n) is 8.19. The second kappa shape index (κ2) is 8.15. The average Bonchev–Trinajstić information content (AvgIpc) is 2.53. The van der Waals surface area contributed by atoms with Crippen molar-refractivity contribution in [3.05, 3.63) is 59.7 Å². The van der Waals surface area contributed by atoms with Crippen molar-refractivity contribution in [1.82, 2.24) is 5.32 Å². The molecule has 4 heteroatoms. The monoisotopic (exact) mass is 342 g/mol. The molecule has 0 saturated carbocycles. The third-order valence-corrected chi connectivity index (χ3v) is 3.93. The van der Waals surface area contributed by atoms with Gasteiger partial charge in [-0.25, -0.2) is 0 Å². The van der Waals surface area contributed by atoms with Gasteiger partial charge in [0.15, 0.2) is 5.11 Å². The molecule has 0 fully saturated rings. The Kier molecular flexibility index (Phi) is 6.21. The van der Waals surface area contributed by atoms with Crippen molar-refractivity contribution in [1.29, 1.82) is 0 Å². The number of hydrogen-bond acceptors (Lipinski definition) is 2. The van der Waals surface area contributed by atoms with Crippen LogP contribution in [0.1, 0.15) is 31.9 Å². The fraction of sp³-hybridized carbons (Fsp3) is 0.350. The summed E-state index contributed by atoms with van der Waals surface area (Å²) in [5, 5.41) is 6.91. The molecule has 0 aliphatic heterocycles. The Hall–Kier alpha value is -2.07. The summed E-state index contributed by atoms with van der Waals surface area (Å²) in [5.74, 6) is 0.877. The largest absolute Gasteiger partial charge is 0.492 e. The number of aryl methyl sites for hydroxylation is 1. The minimum absolute atomic E-state index is 0.161. The van der Waals surface area contributed by atoms with Crippen LogP contribution < -0.4 is 15.4 Å². The third kappa shape index (κ3) is 5.85. The Morgan fingerprint density at radius 2 is 1.62 bits per heavy atom. The van der Waals surface area contributed by atoms with Crippen molar-refractivity contribution in [2.24, 2.45) is 0 Å². The van der Waals surface area contributed by atoms with Gasteiger partial charge in [0.25, 0.3) is 0 Å². The highest BCUT2D eigenvalue weighted by Crippen LogP contribution is 2.24. The maximum absolute atomic E-state index is 5.74. The Morgan fingerprint density at radius 1 is 1.00 bits per heavy atom. The normalized spacial score (nSPS) is 11.0. The van der Waals surface area contributed by atoms with Crippen LogP contribution in [0.3, 0.4) is 0 Å². The molecule has 0 bridgehead atoms. The van der Waals surface area contributed by atoms with Gasteiger partial charge < -0.3 is 15.4 Å². The summed E-state index contributed by atoms with van der Waals surface area (Å²) >= 11 is 5.28. The topological polar surface area (TPSA) is 33.3 Å². The van der Waals surface area contributed by atoms with Crippen molar-refractivity contribution in [3.8, 4) is 5.75 Å². The maximum Gasteiger partial charge on any atom is 0.170 e. The van der Waals surface area contributed by atoms with Crippen LogP contribution in [0.15, 0.2) is 48.5 Å². The summed E-state index contributed by atoms with van der Waals surface area (Å²) < 4.78 is 5.74. The van der Waals surface area contributed by atoms with Crippen LogP contribution in [0.2, 0.25) is 0 Å². The fourth-order valence-corrected chi connectivity index (χ4v) is 2.42. The molecule has 0 saturated heterocycles. The van der Waals surface area contributed by atoms with E-state index in [2.05, 4.69) is 62.6 Å². The zero-order valence-corrected chi connectivity index (χ0v) is 15.7. The first-order chi connectivity index (χ1) is 11.3. The number of thiocarbonyl (C=S) groups is 1. The molecule has 128 valence electrons. The van der Waals surface area contributed by atoms with E-state index in [-0.39, 0.29) is 5.41 Å². The molecular formula is C20H26N2OS. The molecule has 3 nitrogen and oxygen atoms in total. The van der Waals surface area contributed by atoms with E-state index in [4.69, 9.17) is 17.0 Å². The SMILES string of the molecule is Cc1ccc(NC(=S)NCCOc2ccc(C(C)(C)C)cc2)cc1. The summed E-state index contributed by atoms with van der Waals surface area (Å²) in [5.41, 5.74) is 3.67. The van der Waals surface area contributed by atoms with Crippen molar-refractivity contribution in [2.75, 3.05) is 18.5 Å². The minimum atomic E-state index is 0.161. The molecule has 0 unspecified atom stereocenters. The summed E-state index contributed by atoms with van der Waals surface area (Å²) in [6.45, 7) is 9.88. The molecule has 0 heterocycles. The number of ether oxygens (including phenoxy) is 1. The number of nitrogens with one attached hydrogen (secondary N) is 2. The predicted molar refractivity (Wildman–Crippen MR) is 106 cm³/mol. The smallest absolute Gasteiger partial charge is 0.170 e. The molecule has 0 radical (unpaired) electrons. The van der Waals surface area contributed by atoms with Gasteiger partial charge in [-0.2, -0.15) is 0 Å². The number of rotatable bonds is 5. The average molecular weight is 343 g/mol. The van der Waals surface area contributed by atoms with Gasteiger partial charge in [-0.1, -0.05) is 50.6 Å². The zero-order chi connectivity index (χ0) is 17.6. The van der Waals surface area contributed by atoms with Crippen LogP contribution in [0.25, 0.3) is 0 Å². The third-order valence-electron chi connectivity index (χ3n) is 3.69. The summed E-state index contributed by atoms with van der Waals surface area (Å²) in [6, 6.07) is 16.4. The van der Waals surface area contributed by atoms with Crippen molar-refractivity contribution in [2.45, 2.75) is 33.1 Å². The first-order valence-corrected chi connectivity index (χ1v) is 8.60. The Balaban J connectivity index is 1.70. The van der Waals surface area contributed by atoms with Gasteiger partial charge in [0.1, 0.15) is 12.4 Å². The molecular weight excluding hydrogens is 316 g/mol. The van der Waals surface area contributed by atoms with Crippen LogP contribution in [0, 0.1) is 6.92 Å². The predicted octanol–water partition coefficient (Wildman–Crippen LogP) is 4.66. The maximum atomic E-state index is 5.74. The standard InChI is InChI=1S/C20H26N2OS/c1-15-5-9-17(10-6-15)22-19(24)21-13-14-23-18-11-7-16(8-12-18)20(2,3)4/h5-12H,13-14H2,1-4H3,(H2,21,22,24). The minimum Gasteiger partial charge on any atom is -0.492 e. The number of benzene rings is 2. The van der Waals surface area contributed by atoms with E-state index in [9.17, 15) is 0 Å². The molecule has 0 spiro atoms. The van der Waals surface area contributed by atoms with Crippen LogP contribution >= 0.6 is 12.2 Å². The molecule has 24 heavy (non-hydrogen) atoms. The molecule has 0 aliphatic carbocycles. The first kappa shape index (κ1) is 18.3. The van der Waals surface area contributed by atoms with Gasteiger partial charge in [-0.3, -0.25) is 0 Å².